The monoisotopic (exact) mass is 269 g/mol. The molecule has 0 saturated carbocycles. The molecule has 0 aliphatic carbocycles. The van der Waals surface area contributed by atoms with Crippen LogP contribution in [0.2, 0.25) is 0 Å². The molecule has 19 heavy (non-hydrogen) atoms. The summed E-state index contributed by atoms with van der Waals surface area (Å²) in [6, 6.07) is 0.788. The third-order valence-corrected chi connectivity index (χ3v) is 4.77. The fourth-order valence-corrected chi connectivity index (χ4v) is 3.59. The van der Waals surface area contributed by atoms with E-state index in [1.54, 1.807) is 7.11 Å². The van der Waals surface area contributed by atoms with Gasteiger partial charge in [0.15, 0.2) is 0 Å². The van der Waals surface area contributed by atoms with Gasteiger partial charge in [0, 0.05) is 64.6 Å². The predicted molar refractivity (Wildman–Crippen MR) is 79.6 cm³/mol. The average Bonchev–Trinajstić information content (AvgIpc) is 2.41. The van der Waals surface area contributed by atoms with Gasteiger partial charge in [-0.15, -0.1) is 0 Å². The highest BCUT2D eigenvalue weighted by Crippen LogP contribution is 2.30. The molecule has 1 atom stereocenters. The quantitative estimate of drug-likeness (QED) is 0.758. The molecule has 2 aliphatic rings. The molecule has 4 heteroatoms. The van der Waals surface area contributed by atoms with Crippen LogP contribution in [0.5, 0.6) is 0 Å². The Morgan fingerprint density at radius 3 is 2.58 bits per heavy atom. The summed E-state index contributed by atoms with van der Waals surface area (Å²) in [5.74, 6) is 0. The number of nitrogens with zero attached hydrogens (tertiary/aromatic N) is 2. The second-order valence-corrected chi connectivity index (χ2v) is 6.58. The topological polar surface area (TPSA) is 27.7 Å². The van der Waals surface area contributed by atoms with Crippen molar-refractivity contribution in [2.45, 2.75) is 44.7 Å². The van der Waals surface area contributed by atoms with Crippen molar-refractivity contribution < 1.29 is 4.74 Å². The number of piperazine rings is 1. The molecule has 0 spiro atoms. The first-order chi connectivity index (χ1) is 9.13. The van der Waals surface area contributed by atoms with E-state index in [1.165, 1.54) is 39.0 Å². The molecular weight excluding hydrogens is 238 g/mol. The molecule has 0 aromatic heterocycles. The largest absolute Gasteiger partial charge is 0.385 e. The van der Waals surface area contributed by atoms with Gasteiger partial charge >= 0.3 is 0 Å². The van der Waals surface area contributed by atoms with Gasteiger partial charge in [-0.3, -0.25) is 9.80 Å². The summed E-state index contributed by atoms with van der Waals surface area (Å²) in [7, 11) is 1.79. The molecule has 0 radical (unpaired) electrons. The maximum atomic E-state index is 5.18. The molecule has 2 fully saturated rings. The minimum absolute atomic E-state index is 0.335. The van der Waals surface area contributed by atoms with Crippen molar-refractivity contribution in [2.75, 3.05) is 53.0 Å². The van der Waals surface area contributed by atoms with Crippen LogP contribution in [-0.2, 0) is 4.74 Å². The van der Waals surface area contributed by atoms with Crippen molar-refractivity contribution in [2.24, 2.45) is 0 Å². The fourth-order valence-electron chi connectivity index (χ4n) is 3.59. The lowest BCUT2D eigenvalue weighted by Gasteiger charge is -2.49. The molecule has 0 aromatic carbocycles. The second kappa shape index (κ2) is 7.02. The molecule has 2 saturated heterocycles. The van der Waals surface area contributed by atoms with Gasteiger partial charge in [-0.05, 0) is 33.1 Å². The van der Waals surface area contributed by atoms with E-state index in [9.17, 15) is 0 Å². The van der Waals surface area contributed by atoms with E-state index in [2.05, 4.69) is 29.0 Å². The zero-order chi connectivity index (χ0) is 13.7. The van der Waals surface area contributed by atoms with Gasteiger partial charge in [0.2, 0.25) is 0 Å². The fraction of sp³-hybridized carbons (Fsp3) is 1.00. The van der Waals surface area contributed by atoms with Gasteiger partial charge < -0.3 is 10.1 Å². The summed E-state index contributed by atoms with van der Waals surface area (Å²) in [5.41, 5.74) is 0.335. The molecule has 2 aliphatic heterocycles. The van der Waals surface area contributed by atoms with Crippen molar-refractivity contribution in [3.8, 4) is 0 Å². The summed E-state index contributed by atoms with van der Waals surface area (Å²) in [5, 5.41) is 3.45. The van der Waals surface area contributed by atoms with Crippen LogP contribution in [0.1, 0.15) is 33.1 Å². The van der Waals surface area contributed by atoms with Crippen LogP contribution in [-0.4, -0.2) is 74.4 Å². The minimum Gasteiger partial charge on any atom is -0.385 e. The van der Waals surface area contributed by atoms with E-state index in [1.807, 2.05) is 0 Å². The lowest BCUT2D eigenvalue weighted by atomic mass is 9.85. The van der Waals surface area contributed by atoms with E-state index < -0.39 is 0 Å². The predicted octanol–water partition coefficient (Wildman–Crippen LogP) is 1.17. The Bertz CT molecular complexity index is 264. The van der Waals surface area contributed by atoms with E-state index in [0.717, 1.165) is 32.2 Å². The van der Waals surface area contributed by atoms with Crippen LogP contribution in [0, 0.1) is 0 Å². The minimum atomic E-state index is 0.335. The summed E-state index contributed by atoms with van der Waals surface area (Å²) < 4.78 is 5.18. The Kier molecular flexibility index (Phi) is 5.63. The van der Waals surface area contributed by atoms with Crippen molar-refractivity contribution in [1.29, 1.82) is 0 Å². The number of piperidine rings is 1. The standard InChI is InChI=1S/C15H31N3O/c1-15(2)13-14(17-10-6-16-7-11-17)5-9-18(15)8-4-12-19-3/h14,16H,4-13H2,1-3H3. The summed E-state index contributed by atoms with van der Waals surface area (Å²) in [6.07, 6.45) is 3.79. The summed E-state index contributed by atoms with van der Waals surface area (Å²) >= 11 is 0. The van der Waals surface area contributed by atoms with Crippen molar-refractivity contribution >= 4 is 0 Å². The molecule has 2 rings (SSSR count). The molecule has 0 aromatic rings. The van der Waals surface area contributed by atoms with Gasteiger partial charge in [-0.2, -0.15) is 0 Å². The molecule has 4 nitrogen and oxygen atoms in total. The Hall–Kier alpha value is -0.160. The van der Waals surface area contributed by atoms with Gasteiger partial charge in [0.25, 0.3) is 0 Å². The van der Waals surface area contributed by atoms with E-state index >= 15 is 0 Å². The zero-order valence-electron chi connectivity index (χ0n) is 13.0. The molecule has 112 valence electrons. The Morgan fingerprint density at radius 2 is 1.95 bits per heavy atom. The van der Waals surface area contributed by atoms with Crippen molar-refractivity contribution in [3.63, 3.8) is 0 Å². The van der Waals surface area contributed by atoms with Crippen molar-refractivity contribution in [3.05, 3.63) is 0 Å². The number of methoxy groups -OCH3 is 1. The van der Waals surface area contributed by atoms with Crippen molar-refractivity contribution in [1.82, 2.24) is 15.1 Å². The summed E-state index contributed by atoms with van der Waals surface area (Å²) in [4.78, 5) is 5.36. The lowest BCUT2D eigenvalue weighted by molar-refractivity contribution is 0.00965. The van der Waals surface area contributed by atoms with Crippen LogP contribution >= 0.6 is 0 Å². The summed E-state index contributed by atoms with van der Waals surface area (Å²) in [6.45, 7) is 12.9. The van der Waals surface area contributed by atoms with Gasteiger partial charge in [-0.25, -0.2) is 0 Å². The lowest BCUT2D eigenvalue weighted by Crippen LogP contribution is -2.58. The molecule has 0 amide bonds. The maximum Gasteiger partial charge on any atom is 0.0474 e. The second-order valence-electron chi connectivity index (χ2n) is 6.58. The first-order valence-corrected chi connectivity index (χ1v) is 7.82. The molecule has 1 unspecified atom stereocenters. The number of nitrogens with one attached hydrogen (secondary N) is 1. The smallest absolute Gasteiger partial charge is 0.0474 e. The molecule has 0 bridgehead atoms. The van der Waals surface area contributed by atoms with Crippen LogP contribution in [0.25, 0.3) is 0 Å². The van der Waals surface area contributed by atoms with E-state index in [0.29, 0.717) is 5.54 Å². The van der Waals surface area contributed by atoms with Gasteiger partial charge in [0.1, 0.15) is 0 Å². The highest BCUT2D eigenvalue weighted by atomic mass is 16.5. The average molecular weight is 269 g/mol. The van der Waals surface area contributed by atoms with E-state index in [4.69, 9.17) is 4.74 Å². The Morgan fingerprint density at radius 1 is 1.21 bits per heavy atom. The van der Waals surface area contributed by atoms with Crippen LogP contribution in [0.3, 0.4) is 0 Å². The van der Waals surface area contributed by atoms with Crippen LogP contribution < -0.4 is 5.32 Å². The highest BCUT2D eigenvalue weighted by molar-refractivity contribution is 4.93. The molecule has 1 N–H and O–H groups in total. The normalized spacial score (nSPS) is 29.5. The first-order valence-electron chi connectivity index (χ1n) is 7.82. The zero-order valence-corrected chi connectivity index (χ0v) is 13.0. The SMILES string of the molecule is COCCCN1CCC(N2CCNCC2)CC1(C)C. The number of rotatable bonds is 5. The van der Waals surface area contributed by atoms with Gasteiger partial charge in [-0.1, -0.05) is 0 Å². The van der Waals surface area contributed by atoms with Gasteiger partial charge in [0.05, 0.1) is 0 Å². The molecular formula is C15H31N3O. The third kappa shape index (κ3) is 4.15. The molecule has 2 heterocycles. The number of ether oxygens (including phenoxy) is 1. The number of hydrogen-bond donors (Lipinski definition) is 1. The Labute approximate surface area is 118 Å². The number of likely N-dealkylation sites (tertiary alicyclic amines) is 1. The number of hydrogen-bond acceptors (Lipinski definition) is 4. The maximum absolute atomic E-state index is 5.18. The van der Waals surface area contributed by atoms with Crippen LogP contribution in [0.15, 0.2) is 0 Å². The third-order valence-electron chi connectivity index (χ3n) is 4.77. The Balaban J connectivity index is 1.83. The van der Waals surface area contributed by atoms with Crippen LogP contribution in [0.4, 0.5) is 0 Å². The highest BCUT2D eigenvalue weighted by Gasteiger charge is 2.36. The first kappa shape index (κ1) is 15.2. The van der Waals surface area contributed by atoms with E-state index in [-0.39, 0.29) is 0 Å².